The minimum Gasteiger partial charge on any atom is -0.393 e. The molecule has 0 amide bonds. The standard InChI is InChI=1S/C19H24N2O3S/c22-12-15-13-25-18(20-15)21-8-6-19(7-9-21)11-16(23)10-17(24-19)14-4-2-1-3-5-14/h1-5,13,16-17,22-23H,6-12H2/t16-,17-/m1/s1. The fourth-order valence-electron chi connectivity index (χ4n) is 3.97. The molecule has 0 aliphatic carbocycles. The van der Waals surface area contributed by atoms with Crippen molar-refractivity contribution in [1.29, 1.82) is 0 Å². The molecule has 1 spiro atoms. The van der Waals surface area contributed by atoms with E-state index in [1.165, 1.54) is 0 Å². The first-order valence-corrected chi connectivity index (χ1v) is 9.76. The van der Waals surface area contributed by atoms with Crippen molar-refractivity contribution >= 4 is 16.5 Å². The van der Waals surface area contributed by atoms with E-state index in [0.717, 1.165) is 42.3 Å². The molecule has 134 valence electrons. The molecule has 2 fully saturated rings. The second-order valence-corrected chi connectivity index (χ2v) is 7.90. The molecule has 0 unspecified atom stereocenters. The number of aliphatic hydroxyl groups is 2. The summed E-state index contributed by atoms with van der Waals surface area (Å²) >= 11 is 1.58. The lowest BCUT2D eigenvalue weighted by Gasteiger charge is -2.48. The molecule has 0 radical (unpaired) electrons. The molecule has 0 bridgehead atoms. The molecule has 2 aliphatic rings. The Kier molecular flexibility index (Phi) is 4.78. The second kappa shape index (κ2) is 7.03. The van der Waals surface area contributed by atoms with Gasteiger partial charge in [0, 0.05) is 31.3 Å². The van der Waals surface area contributed by atoms with Gasteiger partial charge in [-0.1, -0.05) is 30.3 Å². The van der Waals surface area contributed by atoms with Gasteiger partial charge in [-0.15, -0.1) is 11.3 Å². The fraction of sp³-hybridized carbons (Fsp3) is 0.526. The molecule has 4 rings (SSSR count). The molecule has 2 aromatic rings. The summed E-state index contributed by atoms with van der Waals surface area (Å²) in [6.07, 6.45) is 2.82. The van der Waals surface area contributed by atoms with Crippen LogP contribution in [0.1, 0.15) is 43.0 Å². The Hall–Kier alpha value is -1.47. The Morgan fingerprint density at radius 3 is 2.68 bits per heavy atom. The molecule has 3 heterocycles. The van der Waals surface area contributed by atoms with Gasteiger partial charge in [-0.2, -0.15) is 0 Å². The third kappa shape index (κ3) is 3.58. The average molecular weight is 360 g/mol. The van der Waals surface area contributed by atoms with E-state index in [-0.39, 0.29) is 24.4 Å². The number of anilines is 1. The van der Waals surface area contributed by atoms with E-state index in [2.05, 4.69) is 22.0 Å². The number of aliphatic hydroxyl groups excluding tert-OH is 2. The highest BCUT2D eigenvalue weighted by atomic mass is 32.1. The van der Waals surface area contributed by atoms with Gasteiger partial charge in [-0.3, -0.25) is 0 Å². The van der Waals surface area contributed by atoms with Crippen LogP contribution in [0.5, 0.6) is 0 Å². The van der Waals surface area contributed by atoms with Gasteiger partial charge in [-0.05, 0) is 18.4 Å². The zero-order valence-corrected chi connectivity index (χ0v) is 15.0. The van der Waals surface area contributed by atoms with E-state index in [1.54, 1.807) is 11.3 Å². The maximum Gasteiger partial charge on any atom is 0.185 e. The lowest BCUT2D eigenvalue weighted by atomic mass is 9.81. The van der Waals surface area contributed by atoms with Crippen molar-refractivity contribution in [3.05, 3.63) is 47.0 Å². The van der Waals surface area contributed by atoms with E-state index in [1.807, 2.05) is 23.6 Å². The molecule has 2 aliphatic heterocycles. The van der Waals surface area contributed by atoms with Crippen LogP contribution in [0.15, 0.2) is 35.7 Å². The molecule has 25 heavy (non-hydrogen) atoms. The van der Waals surface area contributed by atoms with Crippen LogP contribution in [-0.2, 0) is 11.3 Å². The van der Waals surface area contributed by atoms with Crippen molar-refractivity contribution in [2.24, 2.45) is 0 Å². The molecular weight excluding hydrogens is 336 g/mol. The summed E-state index contributed by atoms with van der Waals surface area (Å²) in [4.78, 5) is 6.73. The number of hydrogen-bond acceptors (Lipinski definition) is 6. The predicted molar refractivity (Wildman–Crippen MR) is 97.7 cm³/mol. The fourth-order valence-corrected chi connectivity index (χ4v) is 4.84. The Balaban J connectivity index is 1.45. The van der Waals surface area contributed by atoms with Crippen molar-refractivity contribution in [3.8, 4) is 0 Å². The number of thiazole rings is 1. The Bertz CT molecular complexity index is 698. The summed E-state index contributed by atoms with van der Waals surface area (Å²) in [5.41, 5.74) is 1.63. The first kappa shape index (κ1) is 17.0. The van der Waals surface area contributed by atoms with Gasteiger partial charge in [0.1, 0.15) is 0 Å². The zero-order chi connectivity index (χ0) is 17.3. The predicted octanol–water partition coefficient (Wildman–Crippen LogP) is 2.89. The van der Waals surface area contributed by atoms with E-state index in [0.29, 0.717) is 12.8 Å². The van der Waals surface area contributed by atoms with Gasteiger partial charge in [0.05, 0.1) is 30.1 Å². The Morgan fingerprint density at radius 1 is 1.24 bits per heavy atom. The molecule has 2 atom stereocenters. The number of piperidine rings is 1. The van der Waals surface area contributed by atoms with Gasteiger partial charge < -0.3 is 19.8 Å². The summed E-state index contributed by atoms with van der Waals surface area (Å²) in [6, 6.07) is 10.2. The second-order valence-electron chi connectivity index (χ2n) is 7.06. The van der Waals surface area contributed by atoms with Gasteiger partial charge >= 0.3 is 0 Å². The minimum absolute atomic E-state index is 0.0116. The van der Waals surface area contributed by atoms with Crippen LogP contribution in [0.3, 0.4) is 0 Å². The highest BCUT2D eigenvalue weighted by Crippen LogP contribution is 2.43. The lowest BCUT2D eigenvalue weighted by Crippen LogP contribution is -2.51. The molecule has 6 heteroatoms. The zero-order valence-electron chi connectivity index (χ0n) is 14.2. The number of ether oxygens (including phenoxy) is 1. The van der Waals surface area contributed by atoms with Crippen LogP contribution >= 0.6 is 11.3 Å². The summed E-state index contributed by atoms with van der Waals surface area (Å²) < 4.78 is 6.54. The number of benzene rings is 1. The van der Waals surface area contributed by atoms with Crippen molar-refractivity contribution in [2.45, 2.75) is 50.1 Å². The molecular formula is C19H24N2O3S. The van der Waals surface area contributed by atoms with Crippen molar-refractivity contribution in [2.75, 3.05) is 18.0 Å². The van der Waals surface area contributed by atoms with Crippen LogP contribution in [0.25, 0.3) is 0 Å². The summed E-state index contributed by atoms with van der Waals surface area (Å²) in [5, 5.41) is 22.5. The summed E-state index contributed by atoms with van der Waals surface area (Å²) in [7, 11) is 0. The number of hydrogen-bond donors (Lipinski definition) is 2. The summed E-state index contributed by atoms with van der Waals surface area (Å²) in [5.74, 6) is 0. The third-order valence-corrected chi connectivity index (χ3v) is 6.25. The van der Waals surface area contributed by atoms with Gasteiger partial charge in [0.2, 0.25) is 0 Å². The molecule has 2 N–H and O–H groups in total. The van der Waals surface area contributed by atoms with Gasteiger partial charge in [-0.25, -0.2) is 4.98 Å². The van der Waals surface area contributed by atoms with Crippen LogP contribution in [0.4, 0.5) is 5.13 Å². The Labute approximate surface area is 151 Å². The molecule has 1 aromatic heterocycles. The van der Waals surface area contributed by atoms with Crippen LogP contribution in [0.2, 0.25) is 0 Å². The topological polar surface area (TPSA) is 65.8 Å². The van der Waals surface area contributed by atoms with E-state index in [4.69, 9.17) is 4.74 Å². The van der Waals surface area contributed by atoms with Crippen LogP contribution in [-0.4, -0.2) is 40.0 Å². The van der Waals surface area contributed by atoms with E-state index in [9.17, 15) is 10.2 Å². The number of rotatable bonds is 3. The molecule has 2 saturated heterocycles. The largest absolute Gasteiger partial charge is 0.393 e. The molecule has 1 aromatic carbocycles. The Morgan fingerprint density at radius 2 is 2.00 bits per heavy atom. The van der Waals surface area contributed by atoms with E-state index < -0.39 is 0 Å². The quantitative estimate of drug-likeness (QED) is 0.881. The first-order chi connectivity index (χ1) is 12.2. The normalized spacial score (nSPS) is 26.1. The SMILES string of the molecule is OCc1csc(N2CCC3(CC2)C[C@H](O)C[C@H](c2ccccc2)O3)n1. The van der Waals surface area contributed by atoms with Crippen LogP contribution in [0, 0.1) is 0 Å². The van der Waals surface area contributed by atoms with Crippen molar-refractivity contribution in [1.82, 2.24) is 4.98 Å². The molecule has 0 saturated carbocycles. The summed E-state index contributed by atoms with van der Waals surface area (Å²) in [6.45, 7) is 1.72. The van der Waals surface area contributed by atoms with Crippen LogP contribution < -0.4 is 4.90 Å². The van der Waals surface area contributed by atoms with Gasteiger partial charge in [0.25, 0.3) is 0 Å². The highest BCUT2D eigenvalue weighted by Gasteiger charge is 2.44. The maximum atomic E-state index is 10.4. The van der Waals surface area contributed by atoms with Gasteiger partial charge in [0.15, 0.2) is 5.13 Å². The lowest BCUT2D eigenvalue weighted by molar-refractivity contribution is -0.173. The monoisotopic (exact) mass is 360 g/mol. The maximum absolute atomic E-state index is 10.4. The van der Waals surface area contributed by atoms with Crippen molar-refractivity contribution in [3.63, 3.8) is 0 Å². The minimum atomic E-state index is -0.314. The highest BCUT2D eigenvalue weighted by molar-refractivity contribution is 7.13. The first-order valence-electron chi connectivity index (χ1n) is 8.88. The third-order valence-electron chi connectivity index (χ3n) is 5.30. The van der Waals surface area contributed by atoms with E-state index >= 15 is 0 Å². The number of nitrogens with zero attached hydrogens (tertiary/aromatic N) is 2. The van der Waals surface area contributed by atoms with Crippen molar-refractivity contribution < 1.29 is 14.9 Å². The molecule has 5 nitrogen and oxygen atoms in total. The number of aromatic nitrogens is 1. The smallest absolute Gasteiger partial charge is 0.185 e. The average Bonchev–Trinajstić information content (AvgIpc) is 3.12.